The summed E-state index contributed by atoms with van der Waals surface area (Å²) in [6, 6.07) is 10.1. The number of anilines is 1. The Morgan fingerprint density at radius 3 is 2.57 bits per heavy atom. The molecule has 6 nitrogen and oxygen atoms in total. The summed E-state index contributed by atoms with van der Waals surface area (Å²) in [6.07, 6.45) is 0. The zero-order valence-corrected chi connectivity index (χ0v) is 12.3. The largest absolute Gasteiger partial charge is 0.337 e. The molecule has 112 valence electrons. The van der Waals surface area contributed by atoms with Crippen LogP contribution in [-0.4, -0.2) is 54.8 Å². The predicted molar refractivity (Wildman–Crippen MR) is 81.3 cm³/mol. The molecule has 0 spiro atoms. The monoisotopic (exact) mass is 287 g/mol. The van der Waals surface area contributed by atoms with Crippen molar-refractivity contribution in [3.63, 3.8) is 0 Å². The molecule has 1 aromatic carbocycles. The summed E-state index contributed by atoms with van der Waals surface area (Å²) in [7, 11) is 2.12. The van der Waals surface area contributed by atoms with E-state index in [1.165, 1.54) is 0 Å². The first-order valence-corrected chi connectivity index (χ1v) is 7.30. The predicted octanol–water partition coefficient (Wildman–Crippen LogP) is 0.912. The molecule has 1 fully saturated rings. The third kappa shape index (κ3) is 3.06. The summed E-state index contributed by atoms with van der Waals surface area (Å²) in [5.41, 5.74) is 7.00. The Kier molecular flexibility index (Phi) is 4.17. The molecular formula is C15H21N5O. The summed E-state index contributed by atoms with van der Waals surface area (Å²) in [5.74, 6) is 1.23. The molecule has 0 amide bonds. The van der Waals surface area contributed by atoms with E-state index in [9.17, 15) is 0 Å². The Labute approximate surface area is 124 Å². The highest BCUT2D eigenvalue weighted by molar-refractivity contribution is 5.32. The van der Waals surface area contributed by atoms with Gasteiger partial charge in [0.05, 0.1) is 5.92 Å². The first kappa shape index (κ1) is 14.0. The molecule has 21 heavy (non-hydrogen) atoms. The van der Waals surface area contributed by atoms with Gasteiger partial charge in [0.1, 0.15) is 0 Å². The van der Waals surface area contributed by atoms with Crippen molar-refractivity contribution < 1.29 is 4.52 Å². The van der Waals surface area contributed by atoms with E-state index >= 15 is 0 Å². The Morgan fingerprint density at radius 2 is 1.90 bits per heavy atom. The maximum Gasteiger partial charge on any atom is 0.266 e. The average Bonchev–Trinajstić information content (AvgIpc) is 2.99. The second kappa shape index (κ2) is 6.24. The minimum atomic E-state index is -0.0417. The van der Waals surface area contributed by atoms with Crippen LogP contribution in [0.15, 0.2) is 34.9 Å². The van der Waals surface area contributed by atoms with Crippen LogP contribution in [0, 0.1) is 0 Å². The van der Waals surface area contributed by atoms with Crippen LogP contribution in [0.25, 0.3) is 0 Å². The van der Waals surface area contributed by atoms with Gasteiger partial charge in [0.2, 0.25) is 5.89 Å². The molecule has 1 aliphatic heterocycles. The van der Waals surface area contributed by atoms with E-state index < -0.39 is 0 Å². The number of rotatable bonds is 4. The van der Waals surface area contributed by atoms with Crippen LogP contribution in [0.1, 0.15) is 17.4 Å². The molecule has 6 heteroatoms. The first-order valence-electron chi connectivity index (χ1n) is 7.30. The normalized spacial score (nSPS) is 17.9. The third-order valence-corrected chi connectivity index (χ3v) is 3.95. The minimum Gasteiger partial charge on any atom is -0.337 e. The van der Waals surface area contributed by atoms with E-state index in [0.717, 1.165) is 31.7 Å². The average molecular weight is 287 g/mol. The first-order chi connectivity index (χ1) is 10.3. The molecule has 0 aliphatic carbocycles. The molecule has 2 heterocycles. The van der Waals surface area contributed by atoms with Crippen molar-refractivity contribution in [1.82, 2.24) is 15.0 Å². The van der Waals surface area contributed by atoms with Gasteiger partial charge in [0.25, 0.3) is 5.95 Å². The zero-order chi connectivity index (χ0) is 14.7. The van der Waals surface area contributed by atoms with E-state index in [1.807, 2.05) is 30.3 Å². The van der Waals surface area contributed by atoms with Gasteiger partial charge in [-0.2, -0.15) is 4.98 Å². The van der Waals surface area contributed by atoms with Crippen molar-refractivity contribution in [3.8, 4) is 0 Å². The Bertz CT molecular complexity index is 562. The molecule has 1 unspecified atom stereocenters. The number of nitrogens with zero attached hydrogens (tertiary/aromatic N) is 4. The summed E-state index contributed by atoms with van der Waals surface area (Å²) < 4.78 is 5.46. The molecule has 2 aromatic rings. The summed E-state index contributed by atoms with van der Waals surface area (Å²) in [6.45, 7) is 4.34. The fourth-order valence-corrected chi connectivity index (χ4v) is 2.57. The molecule has 0 radical (unpaired) electrons. The van der Waals surface area contributed by atoms with Crippen LogP contribution < -0.4 is 10.6 Å². The number of benzene rings is 1. The van der Waals surface area contributed by atoms with E-state index in [4.69, 9.17) is 10.3 Å². The van der Waals surface area contributed by atoms with Crippen molar-refractivity contribution in [3.05, 3.63) is 41.8 Å². The lowest BCUT2D eigenvalue weighted by atomic mass is 9.99. The van der Waals surface area contributed by atoms with Crippen LogP contribution in [0.5, 0.6) is 0 Å². The summed E-state index contributed by atoms with van der Waals surface area (Å²) >= 11 is 0. The fourth-order valence-electron chi connectivity index (χ4n) is 2.57. The molecule has 1 atom stereocenters. The van der Waals surface area contributed by atoms with Gasteiger partial charge in [-0.1, -0.05) is 30.3 Å². The quantitative estimate of drug-likeness (QED) is 0.901. The smallest absolute Gasteiger partial charge is 0.266 e. The maximum atomic E-state index is 5.89. The van der Waals surface area contributed by atoms with Crippen LogP contribution >= 0.6 is 0 Å². The van der Waals surface area contributed by atoms with Crippen LogP contribution in [0.3, 0.4) is 0 Å². The number of hydrogen-bond acceptors (Lipinski definition) is 6. The van der Waals surface area contributed by atoms with E-state index in [0.29, 0.717) is 18.4 Å². The Hall–Kier alpha value is -1.92. The van der Waals surface area contributed by atoms with Gasteiger partial charge in [-0.3, -0.25) is 0 Å². The topological polar surface area (TPSA) is 71.4 Å². The Balaban J connectivity index is 1.77. The van der Waals surface area contributed by atoms with Gasteiger partial charge in [0.15, 0.2) is 0 Å². The van der Waals surface area contributed by atoms with Crippen LogP contribution in [0.4, 0.5) is 5.95 Å². The van der Waals surface area contributed by atoms with Gasteiger partial charge in [-0.25, -0.2) is 0 Å². The van der Waals surface area contributed by atoms with E-state index in [-0.39, 0.29) is 5.92 Å². The number of nitrogens with two attached hydrogens (primary N) is 1. The molecule has 0 saturated carbocycles. The number of aromatic nitrogens is 2. The highest BCUT2D eigenvalue weighted by atomic mass is 16.5. The van der Waals surface area contributed by atoms with Crippen molar-refractivity contribution in [2.75, 3.05) is 44.7 Å². The SMILES string of the molecule is CN1CCN(c2noc(C(CN)c3ccccc3)n2)CC1. The van der Waals surface area contributed by atoms with Gasteiger partial charge in [-0.15, -0.1) is 0 Å². The summed E-state index contributed by atoms with van der Waals surface area (Å²) in [5, 5.41) is 4.12. The van der Waals surface area contributed by atoms with Crippen molar-refractivity contribution >= 4 is 5.95 Å². The second-order valence-electron chi connectivity index (χ2n) is 5.42. The van der Waals surface area contributed by atoms with Gasteiger partial charge in [-0.05, 0) is 17.8 Å². The van der Waals surface area contributed by atoms with Crippen LogP contribution in [-0.2, 0) is 0 Å². The molecule has 1 saturated heterocycles. The summed E-state index contributed by atoms with van der Waals surface area (Å²) in [4.78, 5) is 9.01. The number of hydrogen-bond donors (Lipinski definition) is 1. The van der Waals surface area contributed by atoms with Crippen molar-refractivity contribution in [2.45, 2.75) is 5.92 Å². The molecule has 1 aromatic heterocycles. The zero-order valence-electron chi connectivity index (χ0n) is 12.3. The van der Waals surface area contributed by atoms with Crippen molar-refractivity contribution in [2.24, 2.45) is 5.73 Å². The highest BCUT2D eigenvalue weighted by Crippen LogP contribution is 2.24. The van der Waals surface area contributed by atoms with Crippen LogP contribution in [0.2, 0.25) is 0 Å². The van der Waals surface area contributed by atoms with Gasteiger partial charge in [0, 0.05) is 32.7 Å². The lowest BCUT2D eigenvalue weighted by molar-refractivity contribution is 0.308. The number of likely N-dealkylation sites (N-methyl/N-ethyl adjacent to an activating group) is 1. The molecule has 2 N–H and O–H groups in total. The molecule has 3 rings (SSSR count). The van der Waals surface area contributed by atoms with E-state index in [1.54, 1.807) is 0 Å². The highest BCUT2D eigenvalue weighted by Gasteiger charge is 2.23. The van der Waals surface area contributed by atoms with E-state index in [2.05, 4.69) is 27.0 Å². The minimum absolute atomic E-state index is 0.0417. The van der Waals surface area contributed by atoms with Gasteiger partial charge < -0.3 is 20.1 Å². The van der Waals surface area contributed by atoms with Crippen molar-refractivity contribution in [1.29, 1.82) is 0 Å². The molecule has 0 bridgehead atoms. The lowest BCUT2D eigenvalue weighted by Crippen LogP contribution is -2.44. The number of piperazine rings is 1. The maximum absolute atomic E-state index is 5.89. The van der Waals surface area contributed by atoms with Gasteiger partial charge >= 0.3 is 0 Å². The molecule has 1 aliphatic rings. The Morgan fingerprint density at radius 1 is 1.19 bits per heavy atom. The third-order valence-electron chi connectivity index (χ3n) is 3.95. The second-order valence-corrected chi connectivity index (χ2v) is 5.42. The fraction of sp³-hybridized carbons (Fsp3) is 0.467. The lowest BCUT2D eigenvalue weighted by Gasteiger charge is -2.31. The standard InChI is InChI=1S/C15H21N5O/c1-19-7-9-20(10-8-19)15-17-14(21-18-15)13(11-16)12-5-3-2-4-6-12/h2-6,13H,7-11,16H2,1H3. The molecular weight excluding hydrogens is 266 g/mol.